The highest BCUT2D eigenvalue weighted by Gasteiger charge is 2.61. The van der Waals surface area contributed by atoms with E-state index in [-0.39, 0.29) is 28.4 Å². The van der Waals surface area contributed by atoms with Gasteiger partial charge in [0.25, 0.3) is 0 Å². The molecule has 11 atom stereocenters. The number of aliphatic hydroxyl groups excluding tert-OH is 2. The number of hydrogen-bond donors (Lipinski definition) is 2. The molecule has 2 N–H and O–H groups in total. The molecular formula is C29H45FO3. The molecule has 4 aliphatic carbocycles. The van der Waals surface area contributed by atoms with Crippen LogP contribution in [-0.2, 0) is 4.79 Å². The first-order valence-corrected chi connectivity index (χ1v) is 13.4. The summed E-state index contributed by atoms with van der Waals surface area (Å²) in [5.41, 5.74) is 0.398. The number of aliphatic hydroxyl groups is 2. The number of carbonyl (C=O) groups is 1. The molecule has 4 aliphatic rings. The number of hydrogen-bond acceptors (Lipinski definition) is 3. The highest BCUT2D eigenvalue weighted by atomic mass is 19.1. The summed E-state index contributed by atoms with van der Waals surface area (Å²) in [7, 11) is 0. The number of carbonyl (C=O) groups excluding carboxylic acids is 1. The second-order valence-corrected chi connectivity index (χ2v) is 12.6. The largest absolute Gasteiger partial charge is 0.390 e. The molecule has 0 spiro atoms. The first-order valence-electron chi connectivity index (χ1n) is 13.4. The van der Waals surface area contributed by atoms with E-state index in [1.807, 2.05) is 6.08 Å². The van der Waals surface area contributed by atoms with Crippen LogP contribution in [0.15, 0.2) is 23.8 Å². The van der Waals surface area contributed by atoms with Crippen LogP contribution in [0.5, 0.6) is 0 Å². The van der Waals surface area contributed by atoms with Crippen molar-refractivity contribution >= 4 is 5.78 Å². The first kappa shape index (κ1) is 25.1. The van der Waals surface area contributed by atoms with Crippen LogP contribution >= 0.6 is 0 Å². The predicted molar refractivity (Wildman–Crippen MR) is 130 cm³/mol. The topological polar surface area (TPSA) is 57.5 Å². The van der Waals surface area contributed by atoms with Crippen LogP contribution in [0.2, 0.25) is 0 Å². The molecule has 3 fully saturated rings. The lowest BCUT2D eigenvalue weighted by Crippen LogP contribution is -2.53. The lowest BCUT2D eigenvalue weighted by atomic mass is 9.47. The van der Waals surface area contributed by atoms with E-state index in [1.54, 1.807) is 12.2 Å². The van der Waals surface area contributed by atoms with E-state index in [0.717, 1.165) is 32.1 Å². The van der Waals surface area contributed by atoms with Crippen LogP contribution < -0.4 is 0 Å². The number of allylic oxidation sites excluding steroid dienone is 4. The lowest BCUT2D eigenvalue weighted by molar-refractivity contribution is -0.112. The first-order chi connectivity index (χ1) is 15.5. The van der Waals surface area contributed by atoms with E-state index in [9.17, 15) is 15.0 Å². The Morgan fingerprint density at radius 3 is 2.42 bits per heavy atom. The molecule has 3 saturated carbocycles. The minimum absolute atomic E-state index is 0.0161. The summed E-state index contributed by atoms with van der Waals surface area (Å²) in [4.78, 5) is 12.0. The molecular weight excluding hydrogens is 415 g/mol. The molecule has 33 heavy (non-hydrogen) atoms. The van der Waals surface area contributed by atoms with Gasteiger partial charge in [-0.05, 0) is 96.7 Å². The molecule has 5 unspecified atom stereocenters. The van der Waals surface area contributed by atoms with Crippen LogP contribution in [0.3, 0.4) is 0 Å². The van der Waals surface area contributed by atoms with Crippen molar-refractivity contribution in [1.29, 1.82) is 0 Å². The summed E-state index contributed by atoms with van der Waals surface area (Å²) in [6, 6.07) is 0. The van der Waals surface area contributed by atoms with Gasteiger partial charge in [-0.1, -0.05) is 54.0 Å². The fourth-order valence-corrected chi connectivity index (χ4v) is 9.01. The van der Waals surface area contributed by atoms with Gasteiger partial charge in [0.2, 0.25) is 0 Å². The van der Waals surface area contributed by atoms with E-state index in [1.165, 1.54) is 0 Å². The number of ketones is 1. The van der Waals surface area contributed by atoms with Gasteiger partial charge in [-0.2, -0.15) is 0 Å². The minimum atomic E-state index is -1.05. The van der Waals surface area contributed by atoms with E-state index in [2.05, 4.69) is 41.5 Å². The van der Waals surface area contributed by atoms with Crippen LogP contribution in [0, 0.1) is 52.3 Å². The predicted octanol–water partition coefficient (Wildman–Crippen LogP) is 5.90. The van der Waals surface area contributed by atoms with E-state index >= 15 is 4.39 Å². The third-order valence-electron chi connectivity index (χ3n) is 10.9. The number of halogens is 1. The Morgan fingerprint density at radius 2 is 1.79 bits per heavy atom. The maximum Gasteiger partial charge on any atom is 0.178 e. The molecule has 4 heteroatoms. The summed E-state index contributed by atoms with van der Waals surface area (Å²) in [6.07, 6.45) is 8.30. The van der Waals surface area contributed by atoms with Crippen molar-refractivity contribution < 1.29 is 19.4 Å². The highest BCUT2D eigenvalue weighted by molar-refractivity contribution is 6.01. The van der Waals surface area contributed by atoms with Crippen molar-refractivity contribution in [3.8, 4) is 0 Å². The molecule has 3 nitrogen and oxygen atoms in total. The number of fused-ring (bicyclic) bond motifs is 5. The van der Waals surface area contributed by atoms with Crippen molar-refractivity contribution in [3.05, 3.63) is 23.8 Å². The molecule has 0 amide bonds. The Balaban J connectivity index is 1.57. The third-order valence-corrected chi connectivity index (χ3v) is 10.9. The minimum Gasteiger partial charge on any atom is -0.390 e. The molecule has 4 rings (SSSR count). The monoisotopic (exact) mass is 460 g/mol. The van der Waals surface area contributed by atoms with E-state index in [4.69, 9.17) is 0 Å². The molecule has 0 heterocycles. The zero-order valence-electron chi connectivity index (χ0n) is 21.4. The van der Waals surface area contributed by atoms with Gasteiger partial charge in [0, 0.05) is 5.41 Å². The molecule has 0 aromatic carbocycles. The maximum atomic E-state index is 15.5. The standard InChI is InChI=1S/C29H45FO3/c1-7-19(16(2)3)27(33)26(32)17(4)21-8-9-22-20-15-25(30)24-14-18(31)10-12-29(24,6)23(20)11-13-28(21,22)5/h10,12,14,16-17,19-23,25-27,32-33H,7-9,11,13,15H2,1-6H3/t17-,19-,20?,21+,22?,23?,25-,26-,27?,28+,29?/m0/s1. The molecule has 0 aromatic rings. The number of rotatable bonds is 6. The van der Waals surface area contributed by atoms with Crippen LogP contribution in [0.4, 0.5) is 4.39 Å². The Labute approximate surface area is 199 Å². The van der Waals surface area contributed by atoms with Crippen LogP contribution in [0.25, 0.3) is 0 Å². The van der Waals surface area contributed by atoms with Crippen LogP contribution in [0.1, 0.15) is 80.1 Å². The summed E-state index contributed by atoms with van der Waals surface area (Å²) in [6.45, 7) is 13.0. The average Bonchev–Trinajstić information content (AvgIpc) is 3.11. The van der Waals surface area contributed by atoms with Gasteiger partial charge in [-0.25, -0.2) is 4.39 Å². The van der Waals surface area contributed by atoms with Crippen molar-refractivity contribution in [3.63, 3.8) is 0 Å². The zero-order valence-corrected chi connectivity index (χ0v) is 21.4. The summed E-state index contributed by atoms with van der Waals surface area (Å²) >= 11 is 0. The normalized spacial score (nSPS) is 43.9. The van der Waals surface area contributed by atoms with Gasteiger partial charge in [0.1, 0.15) is 6.17 Å². The average molecular weight is 461 g/mol. The highest BCUT2D eigenvalue weighted by Crippen LogP contribution is 2.67. The SMILES string of the molecule is CC[C@@H](C(C)C)C(O)[C@@H](O)[C@@H](C)[C@H]1CCC2C3C[C@H](F)C4=CC(=O)C=CC4(C)C3CC[C@@]21C. The molecule has 0 aliphatic heterocycles. The van der Waals surface area contributed by atoms with Crippen molar-refractivity contribution in [2.45, 2.75) is 98.4 Å². The van der Waals surface area contributed by atoms with E-state index < -0.39 is 18.4 Å². The van der Waals surface area contributed by atoms with Gasteiger partial charge in [-0.15, -0.1) is 0 Å². The lowest BCUT2D eigenvalue weighted by Gasteiger charge is -2.58. The quantitative estimate of drug-likeness (QED) is 0.519. The van der Waals surface area contributed by atoms with E-state index in [0.29, 0.717) is 41.6 Å². The van der Waals surface area contributed by atoms with Gasteiger partial charge >= 0.3 is 0 Å². The van der Waals surface area contributed by atoms with Crippen LogP contribution in [-0.4, -0.2) is 34.4 Å². The molecule has 0 bridgehead atoms. The third kappa shape index (κ3) is 3.88. The molecule has 0 radical (unpaired) electrons. The maximum absolute atomic E-state index is 15.5. The fraction of sp³-hybridized carbons (Fsp3) is 0.828. The molecule has 186 valence electrons. The van der Waals surface area contributed by atoms with Crippen molar-refractivity contribution in [1.82, 2.24) is 0 Å². The Bertz CT molecular complexity index is 818. The zero-order chi connectivity index (χ0) is 24.3. The number of alkyl halides is 1. The van der Waals surface area contributed by atoms with Crippen molar-refractivity contribution in [2.24, 2.45) is 52.3 Å². The summed E-state index contributed by atoms with van der Waals surface area (Å²) in [5, 5.41) is 22.3. The second-order valence-electron chi connectivity index (χ2n) is 12.6. The van der Waals surface area contributed by atoms with Gasteiger partial charge in [-0.3, -0.25) is 4.79 Å². The Morgan fingerprint density at radius 1 is 1.09 bits per heavy atom. The Kier molecular flexibility index (Phi) is 6.77. The Hall–Kier alpha value is -1.00. The van der Waals surface area contributed by atoms with Gasteiger partial charge < -0.3 is 10.2 Å². The van der Waals surface area contributed by atoms with Crippen molar-refractivity contribution in [2.75, 3.05) is 0 Å². The van der Waals surface area contributed by atoms with Gasteiger partial charge in [0.15, 0.2) is 5.78 Å². The summed E-state index contributed by atoms with van der Waals surface area (Å²) in [5.74, 6) is 1.80. The smallest absolute Gasteiger partial charge is 0.178 e. The fourth-order valence-electron chi connectivity index (χ4n) is 9.01. The molecule has 0 saturated heterocycles. The van der Waals surface area contributed by atoms with Gasteiger partial charge in [0.05, 0.1) is 12.2 Å². The molecule has 0 aromatic heterocycles. The second kappa shape index (κ2) is 8.90. The summed E-state index contributed by atoms with van der Waals surface area (Å²) < 4.78 is 15.5.